The van der Waals surface area contributed by atoms with Gasteiger partial charge in [-0.15, -0.1) is 0 Å². The van der Waals surface area contributed by atoms with Crippen LogP contribution in [0.5, 0.6) is 11.5 Å². The minimum absolute atomic E-state index is 0.382. The van der Waals surface area contributed by atoms with Gasteiger partial charge in [-0.25, -0.2) is 0 Å². The van der Waals surface area contributed by atoms with Crippen LogP contribution in [-0.2, 0) is 19.6 Å². The Balaban J connectivity index is 1.66. The summed E-state index contributed by atoms with van der Waals surface area (Å²) in [6.45, 7) is 5.53. The molecule has 1 unspecified atom stereocenters. The molecule has 3 aromatic carbocycles. The summed E-state index contributed by atoms with van der Waals surface area (Å²) in [6, 6.07) is 23.3. The quantitative estimate of drug-likeness (QED) is 0.371. The molecule has 3 rings (SSSR count). The van der Waals surface area contributed by atoms with E-state index in [1.54, 1.807) is 7.11 Å². The van der Waals surface area contributed by atoms with Crippen LogP contribution in [-0.4, -0.2) is 13.2 Å². The number of hydrogen-bond acceptors (Lipinski definition) is 3. The van der Waals surface area contributed by atoms with Crippen molar-refractivity contribution in [3.05, 3.63) is 93.5 Å². The number of halogens is 1. The summed E-state index contributed by atoms with van der Waals surface area (Å²) in [5, 5.41) is 3.64. The summed E-state index contributed by atoms with van der Waals surface area (Å²) in [5.74, 6) is 1.54. The minimum Gasteiger partial charge on any atom is -0.493 e. The lowest BCUT2D eigenvalue weighted by Gasteiger charge is -2.19. The predicted octanol–water partition coefficient (Wildman–Crippen LogP) is 6.46. The van der Waals surface area contributed by atoms with Crippen molar-refractivity contribution in [2.75, 3.05) is 7.11 Å². The molecule has 0 saturated heterocycles. The lowest BCUT2D eigenvalue weighted by Crippen LogP contribution is -2.26. The molecule has 0 radical (unpaired) electrons. The van der Waals surface area contributed by atoms with Crippen molar-refractivity contribution in [3.63, 3.8) is 0 Å². The molecule has 0 aliphatic rings. The van der Waals surface area contributed by atoms with Crippen LogP contribution in [0.25, 0.3) is 0 Å². The van der Waals surface area contributed by atoms with Crippen LogP contribution in [0.15, 0.2) is 71.2 Å². The van der Waals surface area contributed by atoms with Gasteiger partial charge in [-0.05, 0) is 49.9 Å². The molecule has 1 N–H and O–H groups in total. The molecule has 0 bridgehead atoms. The molecule has 3 nitrogen and oxygen atoms in total. The van der Waals surface area contributed by atoms with Crippen molar-refractivity contribution >= 4 is 15.9 Å². The van der Waals surface area contributed by atoms with Gasteiger partial charge in [0.2, 0.25) is 0 Å². The fourth-order valence-electron chi connectivity index (χ4n) is 3.43. The van der Waals surface area contributed by atoms with E-state index in [9.17, 15) is 0 Å². The van der Waals surface area contributed by atoms with E-state index in [2.05, 4.69) is 89.7 Å². The Morgan fingerprint density at radius 2 is 1.73 bits per heavy atom. The molecule has 0 heterocycles. The van der Waals surface area contributed by atoms with Crippen LogP contribution in [0.4, 0.5) is 0 Å². The topological polar surface area (TPSA) is 30.5 Å². The molecular formula is C26H30BrNO2. The van der Waals surface area contributed by atoms with Crippen molar-refractivity contribution in [3.8, 4) is 11.5 Å². The SMILES string of the molecule is COc1ccc(Br)c(CNC(C)CCc2ccccc2)c1OCc1cccc(C)c1. The molecule has 0 aliphatic heterocycles. The van der Waals surface area contributed by atoms with Gasteiger partial charge < -0.3 is 14.8 Å². The van der Waals surface area contributed by atoms with E-state index < -0.39 is 0 Å². The second-order valence-electron chi connectivity index (χ2n) is 7.64. The number of nitrogens with one attached hydrogen (secondary N) is 1. The van der Waals surface area contributed by atoms with Crippen molar-refractivity contribution < 1.29 is 9.47 Å². The molecule has 0 fully saturated rings. The summed E-state index contributed by atoms with van der Waals surface area (Å²) in [7, 11) is 1.68. The van der Waals surface area contributed by atoms with Gasteiger partial charge >= 0.3 is 0 Å². The van der Waals surface area contributed by atoms with Crippen molar-refractivity contribution in [2.24, 2.45) is 0 Å². The highest BCUT2D eigenvalue weighted by molar-refractivity contribution is 9.10. The second-order valence-corrected chi connectivity index (χ2v) is 8.50. The maximum atomic E-state index is 6.25. The van der Waals surface area contributed by atoms with E-state index in [0.29, 0.717) is 19.2 Å². The molecule has 0 saturated carbocycles. The van der Waals surface area contributed by atoms with E-state index in [1.165, 1.54) is 11.1 Å². The molecule has 0 aliphatic carbocycles. The normalized spacial score (nSPS) is 11.9. The summed E-state index contributed by atoms with van der Waals surface area (Å²) in [4.78, 5) is 0. The first kappa shape index (κ1) is 22.4. The van der Waals surface area contributed by atoms with Gasteiger partial charge in [0.15, 0.2) is 11.5 Å². The van der Waals surface area contributed by atoms with Gasteiger partial charge in [-0.1, -0.05) is 76.1 Å². The van der Waals surface area contributed by atoms with Crippen LogP contribution in [0.2, 0.25) is 0 Å². The lowest BCUT2D eigenvalue weighted by atomic mass is 10.1. The first-order valence-corrected chi connectivity index (χ1v) is 11.2. The lowest BCUT2D eigenvalue weighted by molar-refractivity contribution is 0.280. The zero-order valence-electron chi connectivity index (χ0n) is 18.0. The molecule has 3 aromatic rings. The monoisotopic (exact) mass is 467 g/mol. The second kappa shape index (κ2) is 11.2. The van der Waals surface area contributed by atoms with Crippen LogP contribution in [0.1, 0.15) is 35.6 Å². The minimum atomic E-state index is 0.382. The van der Waals surface area contributed by atoms with Crippen molar-refractivity contribution in [2.45, 2.75) is 45.9 Å². The van der Waals surface area contributed by atoms with Gasteiger partial charge in [0.25, 0.3) is 0 Å². The fraction of sp³-hybridized carbons (Fsp3) is 0.308. The first-order valence-electron chi connectivity index (χ1n) is 10.4. The third-order valence-corrected chi connectivity index (χ3v) is 5.93. The van der Waals surface area contributed by atoms with Crippen molar-refractivity contribution in [1.82, 2.24) is 5.32 Å². The molecule has 1 atom stereocenters. The third kappa shape index (κ3) is 6.35. The number of ether oxygens (including phenoxy) is 2. The molecule has 0 amide bonds. The number of benzene rings is 3. The number of hydrogen-bond donors (Lipinski definition) is 1. The Morgan fingerprint density at radius 1 is 0.967 bits per heavy atom. The molecule has 0 aromatic heterocycles. The van der Waals surface area contributed by atoms with Crippen molar-refractivity contribution in [1.29, 1.82) is 0 Å². The molecule has 4 heteroatoms. The van der Waals surface area contributed by atoms with E-state index in [-0.39, 0.29) is 0 Å². The van der Waals surface area contributed by atoms with E-state index in [1.807, 2.05) is 12.1 Å². The maximum absolute atomic E-state index is 6.25. The maximum Gasteiger partial charge on any atom is 0.167 e. The van der Waals surface area contributed by atoms with Gasteiger partial charge in [-0.2, -0.15) is 0 Å². The molecule has 158 valence electrons. The van der Waals surface area contributed by atoms with Crippen LogP contribution in [0.3, 0.4) is 0 Å². The number of methoxy groups -OCH3 is 1. The average Bonchev–Trinajstić information content (AvgIpc) is 2.76. The summed E-state index contributed by atoms with van der Waals surface area (Å²) in [6.07, 6.45) is 2.14. The summed E-state index contributed by atoms with van der Waals surface area (Å²) in [5.41, 5.74) is 4.82. The highest BCUT2D eigenvalue weighted by Gasteiger charge is 2.16. The first-order chi connectivity index (χ1) is 14.6. The Labute approximate surface area is 188 Å². The molecule has 30 heavy (non-hydrogen) atoms. The fourth-order valence-corrected chi connectivity index (χ4v) is 3.88. The van der Waals surface area contributed by atoms with E-state index in [4.69, 9.17) is 9.47 Å². The Kier molecular flexibility index (Phi) is 8.35. The zero-order chi connectivity index (χ0) is 21.3. The number of aryl methyl sites for hydroxylation is 2. The smallest absolute Gasteiger partial charge is 0.167 e. The Morgan fingerprint density at radius 3 is 2.47 bits per heavy atom. The highest BCUT2D eigenvalue weighted by atomic mass is 79.9. The highest BCUT2D eigenvalue weighted by Crippen LogP contribution is 2.37. The summed E-state index contributed by atoms with van der Waals surface area (Å²) >= 11 is 3.70. The van der Waals surface area contributed by atoms with Crippen LogP contribution >= 0.6 is 15.9 Å². The van der Waals surface area contributed by atoms with Crippen LogP contribution in [0, 0.1) is 6.92 Å². The molecular weight excluding hydrogens is 438 g/mol. The van der Waals surface area contributed by atoms with Gasteiger partial charge in [-0.3, -0.25) is 0 Å². The van der Waals surface area contributed by atoms with E-state index >= 15 is 0 Å². The third-order valence-electron chi connectivity index (χ3n) is 5.19. The largest absolute Gasteiger partial charge is 0.493 e. The zero-order valence-corrected chi connectivity index (χ0v) is 19.5. The van der Waals surface area contributed by atoms with Gasteiger partial charge in [0.1, 0.15) is 6.61 Å². The van der Waals surface area contributed by atoms with Gasteiger partial charge in [0.05, 0.1) is 7.11 Å². The average molecular weight is 468 g/mol. The molecule has 0 spiro atoms. The standard InChI is InChI=1S/C26H30BrNO2/c1-19-8-7-11-22(16-19)18-30-26-23(24(27)14-15-25(26)29-3)17-28-20(2)12-13-21-9-5-4-6-10-21/h4-11,14-16,20,28H,12-13,17-18H2,1-3H3. The van der Waals surface area contributed by atoms with Gasteiger partial charge in [0, 0.05) is 22.6 Å². The predicted molar refractivity (Wildman–Crippen MR) is 127 cm³/mol. The summed E-state index contributed by atoms with van der Waals surface area (Å²) < 4.78 is 12.9. The van der Waals surface area contributed by atoms with Crippen LogP contribution < -0.4 is 14.8 Å². The Hall–Kier alpha value is -2.30. The Bertz CT molecular complexity index is 943. The number of rotatable bonds is 10. The van der Waals surface area contributed by atoms with E-state index in [0.717, 1.165) is 39.9 Å².